The van der Waals surface area contributed by atoms with Crippen molar-refractivity contribution in [1.82, 2.24) is 4.90 Å². The van der Waals surface area contributed by atoms with Gasteiger partial charge in [0.25, 0.3) is 5.91 Å². The summed E-state index contributed by atoms with van der Waals surface area (Å²) in [6.07, 6.45) is 0. The summed E-state index contributed by atoms with van der Waals surface area (Å²) in [6.45, 7) is 4.94. The van der Waals surface area contributed by atoms with Crippen LogP contribution in [0.4, 0.5) is 0 Å². The summed E-state index contributed by atoms with van der Waals surface area (Å²) in [5, 5.41) is 0.651. The summed E-state index contributed by atoms with van der Waals surface area (Å²) in [5.74, 6) is 0.520. The summed E-state index contributed by atoms with van der Waals surface area (Å²) in [4.78, 5) is 13.6. The molecule has 0 aliphatic heterocycles. The number of amides is 1. The highest BCUT2D eigenvalue weighted by atomic mass is 35.5. The van der Waals surface area contributed by atoms with Crippen molar-refractivity contribution < 1.29 is 4.79 Å². The fourth-order valence-electron chi connectivity index (χ4n) is 1.44. The first-order valence-corrected chi connectivity index (χ1v) is 5.39. The average Bonchev–Trinajstić information content (AvgIpc) is 2.17. The molecule has 0 fully saturated rings. The maximum Gasteiger partial charge on any atom is 0.253 e. The fraction of sp³-hybridized carbons (Fsp3) is 0.417. The molecule has 0 aliphatic carbocycles. The third-order valence-electron chi connectivity index (χ3n) is 2.08. The van der Waals surface area contributed by atoms with E-state index < -0.39 is 0 Å². The summed E-state index contributed by atoms with van der Waals surface area (Å²) < 4.78 is 0. The van der Waals surface area contributed by atoms with E-state index in [0.29, 0.717) is 16.5 Å². The molecule has 0 heterocycles. The first-order chi connectivity index (χ1) is 7.00. The van der Waals surface area contributed by atoms with Crippen molar-refractivity contribution in [3.63, 3.8) is 0 Å². The van der Waals surface area contributed by atoms with E-state index in [1.807, 2.05) is 7.05 Å². The van der Waals surface area contributed by atoms with Gasteiger partial charge in [0.05, 0.1) is 0 Å². The minimum atomic E-state index is 0.0420. The molecule has 0 bridgehead atoms. The van der Waals surface area contributed by atoms with Crippen molar-refractivity contribution in [2.45, 2.75) is 13.8 Å². The normalized spacial score (nSPS) is 10.5. The van der Waals surface area contributed by atoms with Crippen LogP contribution in [0.5, 0.6) is 0 Å². The Bertz CT molecular complexity index is 332. The fourth-order valence-corrected chi connectivity index (χ4v) is 1.57. The van der Waals surface area contributed by atoms with Gasteiger partial charge in [-0.2, -0.15) is 0 Å². The number of benzene rings is 1. The Hall–Kier alpha value is -1.02. The van der Waals surface area contributed by atoms with Gasteiger partial charge in [-0.15, -0.1) is 0 Å². The molecule has 82 valence electrons. The molecule has 1 aromatic carbocycles. The standard InChI is InChI=1S/C12H16ClNO/c1-9(2)8-14(3)12(15)10-4-6-11(13)7-5-10/h4-7,9H,8H2,1-3H3. The maximum atomic E-state index is 11.9. The zero-order valence-corrected chi connectivity index (χ0v) is 10.1. The average molecular weight is 226 g/mol. The van der Waals surface area contributed by atoms with E-state index in [1.165, 1.54) is 0 Å². The molecule has 0 aliphatic rings. The molecule has 0 unspecified atom stereocenters. The number of carbonyl (C=O) groups excluding carboxylic acids is 1. The Morgan fingerprint density at radius 2 is 1.87 bits per heavy atom. The minimum absolute atomic E-state index is 0.0420. The van der Waals surface area contributed by atoms with Crippen molar-refractivity contribution in [2.75, 3.05) is 13.6 Å². The Balaban J connectivity index is 2.72. The van der Waals surface area contributed by atoms with E-state index in [-0.39, 0.29) is 5.91 Å². The van der Waals surface area contributed by atoms with Gasteiger partial charge in [0.15, 0.2) is 0 Å². The largest absolute Gasteiger partial charge is 0.341 e. The van der Waals surface area contributed by atoms with Gasteiger partial charge in [0.1, 0.15) is 0 Å². The summed E-state index contributed by atoms with van der Waals surface area (Å²) in [7, 11) is 1.82. The lowest BCUT2D eigenvalue weighted by Gasteiger charge is -2.19. The van der Waals surface area contributed by atoms with Gasteiger partial charge in [-0.05, 0) is 30.2 Å². The van der Waals surface area contributed by atoms with Crippen molar-refractivity contribution >= 4 is 17.5 Å². The van der Waals surface area contributed by atoms with Crippen LogP contribution in [0, 0.1) is 5.92 Å². The number of hydrogen-bond acceptors (Lipinski definition) is 1. The SMILES string of the molecule is CC(C)CN(C)C(=O)c1ccc(Cl)cc1. The molecule has 0 atom stereocenters. The van der Waals surface area contributed by atoms with E-state index in [1.54, 1.807) is 29.2 Å². The lowest BCUT2D eigenvalue weighted by Crippen LogP contribution is -2.30. The van der Waals surface area contributed by atoms with Crippen LogP contribution in [0.15, 0.2) is 24.3 Å². The summed E-state index contributed by atoms with van der Waals surface area (Å²) in [6, 6.07) is 6.97. The zero-order valence-electron chi connectivity index (χ0n) is 9.33. The first kappa shape index (κ1) is 12.1. The highest BCUT2D eigenvalue weighted by Crippen LogP contribution is 2.11. The van der Waals surface area contributed by atoms with Crippen molar-refractivity contribution in [3.8, 4) is 0 Å². The van der Waals surface area contributed by atoms with Crippen LogP contribution in [0.2, 0.25) is 5.02 Å². The van der Waals surface area contributed by atoms with E-state index in [0.717, 1.165) is 6.54 Å². The third kappa shape index (κ3) is 3.56. The molecule has 1 amide bonds. The monoisotopic (exact) mass is 225 g/mol. The molecular weight excluding hydrogens is 210 g/mol. The van der Waals surface area contributed by atoms with Gasteiger partial charge >= 0.3 is 0 Å². The molecule has 1 aromatic rings. The first-order valence-electron chi connectivity index (χ1n) is 5.01. The smallest absolute Gasteiger partial charge is 0.253 e. The number of hydrogen-bond donors (Lipinski definition) is 0. The molecule has 1 rings (SSSR count). The van der Waals surface area contributed by atoms with Gasteiger partial charge in [0.2, 0.25) is 0 Å². The molecular formula is C12H16ClNO. The van der Waals surface area contributed by atoms with Crippen LogP contribution in [0.3, 0.4) is 0 Å². The molecule has 0 radical (unpaired) electrons. The molecule has 0 spiro atoms. The summed E-state index contributed by atoms with van der Waals surface area (Å²) >= 11 is 5.76. The van der Waals surface area contributed by atoms with Crippen LogP contribution in [0.1, 0.15) is 24.2 Å². The molecule has 2 nitrogen and oxygen atoms in total. The van der Waals surface area contributed by atoms with Crippen LogP contribution in [-0.2, 0) is 0 Å². The van der Waals surface area contributed by atoms with Crippen LogP contribution in [0.25, 0.3) is 0 Å². The van der Waals surface area contributed by atoms with Gasteiger partial charge in [-0.1, -0.05) is 25.4 Å². The predicted molar refractivity (Wildman–Crippen MR) is 63.3 cm³/mol. The van der Waals surface area contributed by atoms with Crippen molar-refractivity contribution in [2.24, 2.45) is 5.92 Å². The van der Waals surface area contributed by atoms with Crippen molar-refractivity contribution in [1.29, 1.82) is 0 Å². The van der Waals surface area contributed by atoms with Crippen LogP contribution in [-0.4, -0.2) is 24.4 Å². The Labute approximate surface area is 95.8 Å². The Morgan fingerprint density at radius 3 is 2.33 bits per heavy atom. The Kier molecular flexibility index (Phi) is 4.15. The summed E-state index contributed by atoms with van der Waals surface area (Å²) in [5.41, 5.74) is 0.683. The van der Waals surface area contributed by atoms with Gasteiger partial charge in [0, 0.05) is 24.2 Å². The molecule has 0 N–H and O–H groups in total. The topological polar surface area (TPSA) is 20.3 Å². The number of nitrogens with zero attached hydrogens (tertiary/aromatic N) is 1. The predicted octanol–water partition coefficient (Wildman–Crippen LogP) is 3.07. The van der Waals surface area contributed by atoms with Gasteiger partial charge < -0.3 is 4.90 Å². The second-order valence-corrected chi connectivity index (χ2v) is 4.52. The second-order valence-electron chi connectivity index (χ2n) is 4.09. The Morgan fingerprint density at radius 1 is 1.33 bits per heavy atom. The highest BCUT2D eigenvalue weighted by Gasteiger charge is 2.11. The molecule has 3 heteroatoms. The van der Waals surface area contributed by atoms with E-state index >= 15 is 0 Å². The van der Waals surface area contributed by atoms with Gasteiger partial charge in [-0.3, -0.25) is 4.79 Å². The van der Waals surface area contributed by atoms with Gasteiger partial charge in [-0.25, -0.2) is 0 Å². The number of halogens is 1. The van der Waals surface area contributed by atoms with Crippen molar-refractivity contribution in [3.05, 3.63) is 34.9 Å². The second kappa shape index (κ2) is 5.17. The lowest BCUT2D eigenvalue weighted by molar-refractivity contribution is 0.0779. The molecule has 15 heavy (non-hydrogen) atoms. The lowest BCUT2D eigenvalue weighted by atomic mass is 10.1. The highest BCUT2D eigenvalue weighted by molar-refractivity contribution is 6.30. The van der Waals surface area contributed by atoms with E-state index in [4.69, 9.17) is 11.6 Å². The van der Waals surface area contributed by atoms with Crippen LogP contribution < -0.4 is 0 Å². The molecule has 0 saturated carbocycles. The number of rotatable bonds is 3. The van der Waals surface area contributed by atoms with Crippen LogP contribution >= 0.6 is 11.6 Å². The minimum Gasteiger partial charge on any atom is -0.341 e. The molecule has 0 saturated heterocycles. The van der Waals surface area contributed by atoms with E-state index in [2.05, 4.69) is 13.8 Å². The third-order valence-corrected chi connectivity index (χ3v) is 2.33. The molecule has 0 aromatic heterocycles. The zero-order chi connectivity index (χ0) is 11.4. The quantitative estimate of drug-likeness (QED) is 0.774. The maximum absolute atomic E-state index is 11.9. The van der Waals surface area contributed by atoms with E-state index in [9.17, 15) is 4.79 Å². The number of carbonyl (C=O) groups is 1.